The summed E-state index contributed by atoms with van der Waals surface area (Å²) in [6.45, 7) is 15.3. The van der Waals surface area contributed by atoms with Crippen molar-refractivity contribution in [2.24, 2.45) is 18.4 Å². The van der Waals surface area contributed by atoms with E-state index in [0.29, 0.717) is 5.57 Å². The number of aromatic nitrogens is 1. The first-order chi connectivity index (χ1) is 20.8. The minimum atomic E-state index is -0.898. The Balaban J connectivity index is 2.38. The number of hydrogen-bond donors (Lipinski definition) is 4. The molecule has 0 aliphatic carbocycles. The molecule has 2 aromatic rings. The monoisotopic (exact) mass is 643 g/mol. The zero-order valence-electron chi connectivity index (χ0n) is 28.9. The lowest BCUT2D eigenvalue weighted by molar-refractivity contribution is -0.143. The van der Waals surface area contributed by atoms with Crippen LogP contribution in [0.2, 0.25) is 0 Å². The average Bonchev–Trinajstić information content (AvgIpc) is 3.32. The average molecular weight is 644 g/mol. The number of fused-ring (bicyclic) bond motifs is 1. The van der Waals surface area contributed by atoms with Crippen molar-refractivity contribution < 1.29 is 23.9 Å². The number of ether oxygens (including phenoxy) is 1. The summed E-state index contributed by atoms with van der Waals surface area (Å²) in [5.74, 6) is -1.60. The van der Waals surface area contributed by atoms with Crippen molar-refractivity contribution in [2.75, 3.05) is 27.0 Å². The van der Waals surface area contributed by atoms with Gasteiger partial charge in [-0.1, -0.05) is 72.7 Å². The summed E-state index contributed by atoms with van der Waals surface area (Å²) in [6, 6.07) is 5.22. The summed E-state index contributed by atoms with van der Waals surface area (Å²) in [5.41, 5.74) is 1.19. The zero-order valence-corrected chi connectivity index (χ0v) is 29.8. The third-order valence-corrected chi connectivity index (χ3v) is 8.86. The molecule has 45 heavy (non-hydrogen) atoms. The van der Waals surface area contributed by atoms with Gasteiger partial charge in [0.2, 0.25) is 17.7 Å². The summed E-state index contributed by atoms with van der Waals surface area (Å²) in [4.78, 5) is 54.7. The lowest BCUT2D eigenvalue weighted by Crippen LogP contribution is -2.61. The molecule has 2 rings (SSSR count). The van der Waals surface area contributed by atoms with Crippen LogP contribution < -0.4 is 16.0 Å². The van der Waals surface area contributed by atoms with Crippen LogP contribution >= 0.6 is 12.6 Å². The van der Waals surface area contributed by atoms with E-state index in [1.807, 2.05) is 67.6 Å². The number of esters is 1. The van der Waals surface area contributed by atoms with Gasteiger partial charge in [0.15, 0.2) is 0 Å². The number of rotatable bonds is 13. The Labute approximate surface area is 274 Å². The molecule has 0 fully saturated rings. The van der Waals surface area contributed by atoms with Gasteiger partial charge < -0.3 is 30.2 Å². The topological polar surface area (TPSA) is 122 Å². The van der Waals surface area contributed by atoms with Gasteiger partial charge in [-0.05, 0) is 36.9 Å². The molecule has 11 heteroatoms. The van der Waals surface area contributed by atoms with E-state index in [1.165, 1.54) is 7.11 Å². The summed E-state index contributed by atoms with van der Waals surface area (Å²) in [7, 11) is 6.67. The highest BCUT2D eigenvalue weighted by Crippen LogP contribution is 2.35. The Morgan fingerprint density at radius 1 is 1.04 bits per heavy atom. The van der Waals surface area contributed by atoms with Gasteiger partial charge in [0.05, 0.1) is 19.2 Å². The largest absolute Gasteiger partial charge is 0.467 e. The maximum atomic E-state index is 14.2. The molecule has 0 aliphatic heterocycles. The van der Waals surface area contributed by atoms with E-state index in [2.05, 4.69) is 51.5 Å². The molecule has 0 spiro atoms. The Bertz CT molecular complexity index is 1410. The number of thiol groups is 1. The molecule has 0 bridgehead atoms. The molecule has 0 aliphatic rings. The van der Waals surface area contributed by atoms with Crippen molar-refractivity contribution >= 4 is 47.2 Å². The van der Waals surface area contributed by atoms with E-state index in [0.717, 1.165) is 16.5 Å². The smallest absolute Gasteiger partial charge is 0.329 e. The van der Waals surface area contributed by atoms with Crippen LogP contribution in [-0.2, 0) is 36.4 Å². The van der Waals surface area contributed by atoms with Crippen LogP contribution in [0.4, 0.5) is 0 Å². The molecule has 1 aromatic carbocycles. The van der Waals surface area contributed by atoms with Gasteiger partial charge in [0, 0.05) is 47.9 Å². The summed E-state index contributed by atoms with van der Waals surface area (Å²) in [6.07, 6.45) is 3.77. The molecule has 3 N–H and O–H groups in total. The van der Waals surface area contributed by atoms with Crippen LogP contribution in [0.1, 0.15) is 61.0 Å². The third-order valence-electron chi connectivity index (χ3n) is 8.49. The van der Waals surface area contributed by atoms with E-state index in [-0.39, 0.29) is 23.5 Å². The molecule has 0 radical (unpaired) electrons. The molecule has 0 unspecified atom stereocenters. The summed E-state index contributed by atoms with van der Waals surface area (Å²) >= 11 is 4.14. The summed E-state index contributed by atoms with van der Waals surface area (Å²) < 4.78 is 6.80. The normalized spacial score (nSPS) is 15.3. The number of aryl methyl sites for hydroxylation is 1. The molecule has 0 saturated heterocycles. The van der Waals surface area contributed by atoms with Crippen molar-refractivity contribution in [3.05, 3.63) is 47.7 Å². The number of amides is 3. The zero-order chi connectivity index (χ0) is 34.4. The van der Waals surface area contributed by atoms with Crippen molar-refractivity contribution in [3.63, 3.8) is 0 Å². The quantitative estimate of drug-likeness (QED) is 0.150. The first kappa shape index (κ1) is 37.9. The fourth-order valence-corrected chi connectivity index (χ4v) is 5.97. The van der Waals surface area contributed by atoms with Crippen molar-refractivity contribution in [3.8, 4) is 0 Å². The summed E-state index contributed by atoms with van der Waals surface area (Å²) in [5, 5.41) is 10.00. The minimum absolute atomic E-state index is 0.0605. The molecule has 3 amide bonds. The number of nitrogens with zero attached hydrogens (tertiary/aromatic N) is 2. The van der Waals surface area contributed by atoms with Crippen LogP contribution in [-0.4, -0.2) is 84.3 Å². The fraction of sp³-hybridized carbons (Fsp3) is 0.588. The maximum absolute atomic E-state index is 14.2. The van der Waals surface area contributed by atoms with Crippen LogP contribution in [0.25, 0.3) is 10.9 Å². The molecular formula is C34H53N5O5S. The van der Waals surface area contributed by atoms with E-state index in [4.69, 9.17) is 4.74 Å². The van der Waals surface area contributed by atoms with Crippen LogP contribution in [0.3, 0.4) is 0 Å². The number of nitrogens with one attached hydrogen (secondary N) is 3. The third kappa shape index (κ3) is 8.70. The lowest BCUT2D eigenvalue weighted by atomic mass is 9.76. The standard InChI is InChI=1S/C34H53N5O5S/c1-20(2)26(17-21(3)29(40)36-24(19-45)32(43)44-12)39(11)31(42)28(33(4,5)6)37-30(41)27(35-9)34(7,8)23-18-38(10)25-16-14-13-15-22(23)25/h13-18,20,24,26-28,35,45H,19H2,1-12H3,(H,36,40)(H,37,41)/b21-17+/t24-,26+,27+,28+/m0/s1. The van der Waals surface area contributed by atoms with Gasteiger partial charge in [-0.25, -0.2) is 4.79 Å². The minimum Gasteiger partial charge on any atom is -0.467 e. The predicted octanol–water partition coefficient (Wildman–Crippen LogP) is 3.59. The van der Waals surface area contributed by atoms with Gasteiger partial charge in [0.25, 0.3) is 0 Å². The van der Waals surface area contributed by atoms with E-state index < -0.39 is 46.9 Å². The second kappa shape index (κ2) is 15.3. The highest BCUT2D eigenvalue weighted by Gasteiger charge is 2.42. The van der Waals surface area contributed by atoms with Crippen LogP contribution in [0.5, 0.6) is 0 Å². The highest BCUT2D eigenvalue weighted by molar-refractivity contribution is 7.80. The maximum Gasteiger partial charge on any atom is 0.329 e. The van der Waals surface area contributed by atoms with Gasteiger partial charge >= 0.3 is 5.97 Å². The van der Waals surface area contributed by atoms with Gasteiger partial charge in [-0.3, -0.25) is 14.4 Å². The SMILES string of the molecule is CN[C@H](C(=O)N[C@H](C(=O)N(C)[C@H](/C=C(\C)C(=O)N[C@@H](CS)C(=O)OC)C(C)C)C(C)(C)C)C(C)(C)c1cn(C)c2ccccc12. The van der Waals surface area contributed by atoms with Gasteiger partial charge in [0.1, 0.15) is 12.1 Å². The molecule has 0 saturated carbocycles. The Morgan fingerprint density at radius 2 is 1.64 bits per heavy atom. The second-order valence-corrected chi connectivity index (χ2v) is 14.1. The number of methoxy groups -OCH3 is 1. The van der Waals surface area contributed by atoms with Crippen molar-refractivity contribution in [2.45, 2.75) is 85.0 Å². The molecule has 10 nitrogen and oxygen atoms in total. The lowest BCUT2D eigenvalue weighted by Gasteiger charge is -2.39. The van der Waals surface area contributed by atoms with Gasteiger partial charge in [-0.15, -0.1) is 0 Å². The Morgan fingerprint density at radius 3 is 2.16 bits per heavy atom. The van der Waals surface area contributed by atoms with Gasteiger partial charge in [-0.2, -0.15) is 12.6 Å². The molecule has 250 valence electrons. The first-order valence-electron chi connectivity index (χ1n) is 15.3. The molecule has 4 atom stereocenters. The van der Waals surface area contributed by atoms with Crippen molar-refractivity contribution in [1.29, 1.82) is 0 Å². The molecule has 1 aromatic heterocycles. The Kier molecular flexibility index (Phi) is 12.9. The van der Waals surface area contributed by atoms with E-state index in [9.17, 15) is 19.2 Å². The first-order valence-corrected chi connectivity index (χ1v) is 15.9. The van der Waals surface area contributed by atoms with E-state index in [1.54, 1.807) is 32.0 Å². The second-order valence-electron chi connectivity index (χ2n) is 13.7. The number of hydrogen-bond acceptors (Lipinski definition) is 7. The molecular weight excluding hydrogens is 590 g/mol. The number of carbonyl (C=O) groups excluding carboxylic acids is 4. The predicted molar refractivity (Wildman–Crippen MR) is 183 cm³/mol. The molecule has 1 heterocycles. The van der Waals surface area contributed by atoms with Crippen LogP contribution in [0, 0.1) is 11.3 Å². The fourth-order valence-electron chi connectivity index (χ4n) is 5.73. The number of carbonyl (C=O) groups is 4. The number of likely N-dealkylation sites (N-methyl/N-ethyl adjacent to an activating group) is 2. The van der Waals surface area contributed by atoms with Crippen LogP contribution in [0.15, 0.2) is 42.1 Å². The van der Waals surface area contributed by atoms with Crippen molar-refractivity contribution in [1.82, 2.24) is 25.4 Å². The highest BCUT2D eigenvalue weighted by atomic mass is 32.1. The number of benzene rings is 1. The number of para-hydroxylation sites is 1. The van der Waals surface area contributed by atoms with E-state index >= 15 is 0 Å². The Hall–Kier alpha value is -3.31.